The van der Waals surface area contributed by atoms with Gasteiger partial charge in [-0.05, 0) is 54.8 Å². The molecule has 0 unspecified atom stereocenters. The zero-order valence-electron chi connectivity index (χ0n) is 16.9. The fourth-order valence-corrected chi connectivity index (χ4v) is 3.39. The summed E-state index contributed by atoms with van der Waals surface area (Å²) in [5.41, 5.74) is 5.35. The molecule has 2 heterocycles. The third-order valence-corrected chi connectivity index (χ3v) is 4.94. The summed E-state index contributed by atoms with van der Waals surface area (Å²) < 4.78 is 2.91. The molecule has 2 amide bonds. The number of urea groups is 1. The standard InChI is InChI=1S/C23H23N5O2/c1-16-9-10-19(17(2)12-16)14-24-22(29)25-20-7-5-6-18(13-20)15-28-23(30)27-11-4-3-8-21(27)26-28/h3-13H,14-15H2,1-2H3,(H2,24,25,29). The Labute approximate surface area is 174 Å². The van der Waals surface area contributed by atoms with E-state index in [1.807, 2.05) is 56.3 Å². The molecule has 4 rings (SSSR count). The Morgan fingerprint density at radius 1 is 1.03 bits per heavy atom. The summed E-state index contributed by atoms with van der Waals surface area (Å²) in [6.07, 6.45) is 1.69. The summed E-state index contributed by atoms with van der Waals surface area (Å²) in [6.45, 7) is 4.85. The first-order valence-corrected chi connectivity index (χ1v) is 9.74. The van der Waals surface area contributed by atoms with Crippen LogP contribution in [0.3, 0.4) is 0 Å². The van der Waals surface area contributed by atoms with E-state index < -0.39 is 0 Å². The minimum atomic E-state index is -0.281. The molecule has 2 aromatic heterocycles. The molecule has 0 aliphatic heterocycles. The highest BCUT2D eigenvalue weighted by molar-refractivity contribution is 5.89. The maximum absolute atomic E-state index is 12.4. The summed E-state index contributed by atoms with van der Waals surface area (Å²) in [5, 5.41) is 10.1. The van der Waals surface area contributed by atoms with E-state index in [1.165, 1.54) is 14.6 Å². The van der Waals surface area contributed by atoms with E-state index in [-0.39, 0.29) is 11.7 Å². The summed E-state index contributed by atoms with van der Waals surface area (Å²) in [7, 11) is 0. The van der Waals surface area contributed by atoms with Gasteiger partial charge in [-0.1, -0.05) is 42.0 Å². The molecule has 0 fully saturated rings. The van der Waals surface area contributed by atoms with Crippen LogP contribution in [0.2, 0.25) is 0 Å². The first kappa shape index (κ1) is 19.4. The second-order valence-corrected chi connectivity index (χ2v) is 7.31. The van der Waals surface area contributed by atoms with Gasteiger partial charge >= 0.3 is 11.7 Å². The Morgan fingerprint density at radius 2 is 1.90 bits per heavy atom. The van der Waals surface area contributed by atoms with Gasteiger partial charge in [0.1, 0.15) is 0 Å². The Kier molecular flexibility index (Phi) is 5.34. The summed E-state index contributed by atoms with van der Waals surface area (Å²) in [5.74, 6) is 0. The Bertz CT molecular complexity index is 1270. The number of aromatic nitrogens is 3. The minimum absolute atomic E-state index is 0.199. The fourth-order valence-electron chi connectivity index (χ4n) is 3.39. The average Bonchev–Trinajstić information content (AvgIpc) is 3.03. The SMILES string of the molecule is Cc1ccc(CNC(=O)Nc2cccc(Cn3nc4ccccn4c3=O)c2)c(C)c1. The van der Waals surface area contributed by atoms with Gasteiger partial charge in [0.05, 0.1) is 6.54 Å². The normalized spacial score (nSPS) is 10.9. The average molecular weight is 401 g/mol. The van der Waals surface area contributed by atoms with Gasteiger partial charge in [-0.3, -0.25) is 4.40 Å². The fraction of sp³-hybridized carbons (Fsp3) is 0.174. The summed E-state index contributed by atoms with van der Waals surface area (Å²) in [4.78, 5) is 24.8. The number of nitrogens with zero attached hydrogens (tertiary/aromatic N) is 3. The van der Waals surface area contributed by atoms with Crippen LogP contribution in [0.1, 0.15) is 22.3 Å². The van der Waals surface area contributed by atoms with Crippen molar-refractivity contribution in [2.75, 3.05) is 5.32 Å². The highest BCUT2D eigenvalue weighted by Gasteiger charge is 2.08. The third kappa shape index (κ3) is 4.25. The van der Waals surface area contributed by atoms with Crippen molar-refractivity contribution in [3.05, 3.63) is 99.6 Å². The van der Waals surface area contributed by atoms with E-state index >= 15 is 0 Å². The van der Waals surface area contributed by atoms with E-state index in [1.54, 1.807) is 18.3 Å². The molecular formula is C23H23N5O2. The molecule has 0 aliphatic carbocycles. The Balaban J connectivity index is 1.42. The number of aryl methyl sites for hydroxylation is 2. The number of amides is 2. The maximum atomic E-state index is 12.4. The molecule has 0 bridgehead atoms. The molecule has 30 heavy (non-hydrogen) atoms. The van der Waals surface area contributed by atoms with E-state index in [9.17, 15) is 9.59 Å². The number of carbonyl (C=O) groups is 1. The molecule has 4 aromatic rings. The molecule has 0 aliphatic rings. The van der Waals surface area contributed by atoms with Crippen LogP contribution < -0.4 is 16.3 Å². The van der Waals surface area contributed by atoms with Crippen LogP contribution in [0.25, 0.3) is 5.65 Å². The van der Waals surface area contributed by atoms with Gasteiger partial charge in [0, 0.05) is 18.4 Å². The summed E-state index contributed by atoms with van der Waals surface area (Å²) >= 11 is 0. The van der Waals surface area contributed by atoms with Gasteiger partial charge < -0.3 is 10.6 Å². The van der Waals surface area contributed by atoms with E-state index in [4.69, 9.17) is 0 Å². The minimum Gasteiger partial charge on any atom is -0.334 e. The molecule has 2 aromatic carbocycles. The third-order valence-electron chi connectivity index (χ3n) is 4.94. The zero-order valence-corrected chi connectivity index (χ0v) is 16.9. The molecule has 7 heteroatoms. The van der Waals surface area contributed by atoms with E-state index in [0.29, 0.717) is 24.4 Å². The van der Waals surface area contributed by atoms with Crippen molar-refractivity contribution in [2.45, 2.75) is 26.9 Å². The zero-order chi connectivity index (χ0) is 21.1. The molecule has 152 valence electrons. The van der Waals surface area contributed by atoms with Gasteiger partial charge in [-0.15, -0.1) is 5.10 Å². The predicted molar refractivity (Wildman–Crippen MR) is 117 cm³/mol. The maximum Gasteiger partial charge on any atom is 0.350 e. The monoisotopic (exact) mass is 401 g/mol. The number of nitrogens with one attached hydrogen (secondary N) is 2. The lowest BCUT2D eigenvalue weighted by Crippen LogP contribution is -2.28. The Morgan fingerprint density at radius 3 is 2.70 bits per heavy atom. The number of carbonyl (C=O) groups excluding carboxylic acids is 1. The van der Waals surface area contributed by atoms with Crippen molar-refractivity contribution >= 4 is 17.4 Å². The number of fused-ring (bicyclic) bond motifs is 1. The number of pyridine rings is 1. The van der Waals surface area contributed by atoms with Gasteiger partial charge in [-0.25, -0.2) is 14.3 Å². The molecule has 0 saturated carbocycles. The van der Waals surface area contributed by atoms with Crippen LogP contribution in [0.5, 0.6) is 0 Å². The quantitative estimate of drug-likeness (QED) is 0.537. The van der Waals surface area contributed by atoms with Crippen molar-refractivity contribution in [1.82, 2.24) is 19.5 Å². The smallest absolute Gasteiger partial charge is 0.334 e. The highest BCUT2D eigenvalue weighted by atomic mass is 16.2. The van der Waals surface area contributed by atoms with Crippen molar-refractivity contribution in [2.24, 2.45) is 0 Å². The number of rotatable bonds is 5. The van der Waals surface area contributed by atoms with Gasteiger partial charge in [0.2, 0.25) is 0 Å². The van der Waals surface area contributed by atoms with Gasteiger partial charge in [0.25, 0.3) is 0 Å². The van der Waals surface area contributed by atoms with Crippen molar-refractivity contribution < 1.29 is 4.79 Å². The molecule has 0 radical (unpaired) electrons. The molecule has 0 spiro atoms. The predicted octanol–water partition coefficient (Wildman–Crippen LogP) is 3.48. The molecular weight excluding hydrogens is 378 g/mol. The van der Waals surface area contributed by atoms with Crippen LogP contribution in [-0.2, 0) is 13.1 Å². The molecule has 0 saturated heterocycles. The van der Waals surface area contributed by atoms with Crippen LogP contribution in [0.15, 0.2) is 71.7 Å². The topological polar surface area (TPSA) is 80.4 Å². The number of anilines is 1. The summed E-state index contributed by atoms with van der Waals surface area (Å²) in [6, 6.07) is 18.7. The first-order chi connectivity index (χ1) is 14.5. The van der Waals surface area contributed by atoms with E-state index in [2.05, 4.69) is 21.8 Å². The number of hydrogen-bond donors (Lipinski definition) is 2. The molecule has 0 atom stereocenters. The lowest BCUT2D eigenvalue weighted by atomic mass is 10.1. The second kappa shape index (κ2) is 8.24. The lowest BCUT2D eigenvalue weighted by Gasteiger charge is -2.11. The van der Waals surface area contributed by atoms with Crippen molar-refractivity contribution in [1.29, 1.82) is 0 Å². The first-order valence-electron chi connectivity index (χ1n) is 9.74. The van der Waals surface area contributed by atoms with Gasteiger partial charge in [-0.2, -0.15) is 0 Å². The van der Waals surface area contributed by atoms with Crippen molar-refractivity contribution in [3.8, 4) is 0 Å². The van der Waals surface area contributed by atoms with Crippen LogP contribution >= 0.6 is 0 Å². The van der Waals surface area contributed by atoms with E-state index in [0.717, 1.165) is 16.7 Å². The van der Waals surface area contributed by atoms with Crippen LogP contribution in [0, 0.1) is 13.8 Å². The van der Waals surface area contributed by atoms with Crippen LogP contribution in [0.4, 0.5) is 10.5 Å². The van der Waals surface area contributed by atoms with Crippen molar-refractivity contribution in [3.63, 3.8) is 0 Å². The van der Waals surface area contributed by atoms with Gasteiger partial charge in [0.15, 0.2) is 5.65 Å². The largest absolute Gasteiger partial charge is 0.350 e. The second-order valence-electron chi connectivity index (χ2n) is 7.31. The highest BCUT2D eigenvalue weighted by Crippen LogP contribution is 2.13. The number of hydrogen-bond acceptors (Lipinski definition) is 3. The van der Waals surface area contributed by atoms with Crippen LogP contribution in [-0.4, -0.2) is 20.2 Å². The molecule has 7 nitrogen and oxygen atoms in total. The Hall–Kier alpha value is -3.87. The number of benzene rings is 2. The molecule has 2 N–H and O–H groups in total. The lowest BCUT2D eigenvalue weighted by molar-refractivity contribution is 0.251.